The van der Waals surface area contributed by atoms with Crippen LogP contribution in [0.15, 0.2) is 10.9 Å². The van der Waals surface area contributed by atoms with Crippen molar-refractivity contribution in [2.75, 3.05) is 13.1 Å². The number of aromatic nitrogens is 1. The molecule has 2 rings (SSSR count). The van der Waals surface area contributed by atoms with E-state index in [2.05, 4.69) is 34.4 Å². The van der Waals surface area contributed by atoms with Gasteiger partial charge in [-0.2, -0.15) is 0 Å². The van der Waals surface area contributed by atoms with Crippen molar-refractivity contribution in [3.8, 4) is 0 Å². The molecule has 0 aromatic carbocycles. The predicted octanol–water partition coefficient (Wildman–Crippen LogP) is 2.11. The maximum Gasteiger partial charge on any atom is 0.0795 e. The number of hydrogen-bond donors (Lipinski definition) is 1. The molecule has 0 bridgehead atoms. The van der Waals surface area contributed by atoms with Gasteiger partial charge < -0.3 is 5.32 Å². The lowest BCUT2D eigenvalue weighted by atomic mass is 10.3. The Bertz CT molecular complexity index is 291. The van der Waals surface area contributed by atoms with E-state index in [1.54, 1.807) is 11.3 Å². The van der Waals surface area contributed by atoms with Crippen LogP contribution in [-0.2, 0) is 6.54 Å². The molecule has 4 heteroatoms. The highest BCUT2D eigenvalue weighted by Crippen LogP contribution is 2.27. The van der Waals surface area contributed by atoms with Crippen LogP contribution in [0, 0.1) is 0 Å². The van der Waals surface area contributed by atoms with E-state index in [1.165, 1.54) is 12.8 Å². The summed E-state index contributed by atoms with van der Waals surface area (Å²) >= 11 is 1.66. The largest absolute Gasteiger partial charge is 0.310 e. The first-order valence-electron chi connectivity index (χ1n) is 6.11. The van der Waals surface area contributed by atoms with Gasteiger partial charge in [0.25, 0.3) is 0 Å². The van der Waals surface area contributed by atoms with Gasteiger partial charge in [0.15, 0.2) is 0 Å². The van der Waals surface area contributed by atoms with E-state index in [0.717, 1.165) is 31.4 Å². The smallest absolute Gasteiger partial charge is 0.0795 e. The average molecular weight is 239 g/mol. The summed E-state index contributed by atoms with van der Waals surface area (Å²) in [5, 5.41) is 5.56. The first-order chi connectivity index (χ1) is 7.77. The average Bonchev–Trinajstić information content (AvgIpc) is 2.94. The standard InChI is InChI=1S/C12H21N3S/c1-10(2)15(12-3-4-12)6-5-13-7-11-8-16-9-14-11/h8-10,12-13H,3-7H2,1-2H3. The van der Waals surface area contributed by atoms with Gasteiger partial charge in [-0.15, -0.1) is 11.3 Å². The highest BCUT2D eigenvalue weighted by Gasteiger charge is 2.29. The minimum atomic E-state index is 0.675. The molecule has 0 amide bonds. The van der Waals surface area contributed by atoms with Crippen LogP contribution in [0.5, 0.6) is 0 Å². The Kier molecular flexibility index (Phi) is 4.32. The molecule has 0 spiro atoms. The molecule has 1 heterocycles. The second-order valence-corrected chi connectivity index (χ2v) is 5.44. The van der Waals surface area contributed by atoms with Crippen molar-refractivity contribution >= 4 is 11.3 Å². The topological polar surface area (TPSA) is 28.2 Å². The molecule has 1 fully saturated rings. The third kappa shape index (κ3) is 3.54. The van der Waals surface area contributed by atoms with Crippen LogP contribution < -0.4 is 5.32 Å². The second-order valence-electron chi connectivity index (χ2n) is 4.72. The van der Waals surface area contributed by atoms with Crippen LogP contribution in [0.1, 0.15) is 32.4 Å². The van der Waals surface area contributed by atoms with E-state index in [9.17, 15) is 0 Å². The van der Waals surface area contributed by atoms with Crippen molar-refractivity contribution in [3.63, 3.8) is 0 Å². The number of rotatable bonds is 7. The Morgan fingerprint density at radius 1 is 1.56 bits per heavy atom. The van der Waals surface area contributed by atoms with Crippen molar-refractivity contribution in [1.82, 2.24) is 15.2 Å². The molecule has 0 radical (unpaired) electrons. The van der Waals surface area contributed by atoms with Crippen molar-refractivity contribution in [1.29, 1.82) is 0 Å². The first-order valence-corrected chi connectivity index (χ1v) is 7.05. The Labute approximate surface area is 102 Å². The van der Waals surface area contributed by atoms with Crippen LogP contribution in [0.2, 0.25) is 0 Å². The van der Waals surface area contributed by atoms with Crippen LogP contribution in [0.25, 0.3) is 0 Å². The number of nitrogens with one attached hydrogen (secondary N) is 1. The first kappa shape index (κ1) is 12.0. The van der Waals surface area contributed by atoms with E-state index in [4.69, 9.17) is 0 Å². The molecule has 1 aliphatic carbocycles. The highest BCUT2D eigenvalue weighted by molar-refractivity contribution is 7.07. The van der Waals surface area contributed by atoms with E-state index in [0.29, 0.717) is 6.04 Å². The van der Waals surface area contributed by atoms with E-state index < -0.39 is 0 Å². The summed E-state index contributed by atoms with van der Waals surface area (Å²) in [6.45, 7) is 7.70. The van der Waals surface area contributed by atoms with E-state index in [-0.39, 0.29) is 0 Å². The summed E-state index contributed by atoms with van der Waals surface area (Å²) in [7, 11) is 0. The van der Waals surface area contributed by atoms with Crippen molar-refractivity contribution in [2.45, 2.75) is 45.3 Å². The molecule has 3 nitrogen and oxygen atoms in total. The summed E-state index contributed by atoms with van der Waals surface area (Å²) in [5.41, 5.74) is 3.05. The maximum atomic E-state index is 4.26. The zero-order chi connectivity index (χ0) is 11.4. The maximum absolute atomic E-state index is 4.26. The summed E-state index contributed by atoms with van der Waals surface area (Å²) < 4.78 is 0. The van der Waals surface area contributed by atoms with Gasteiger partial charge in [-0.1, -0.05) is 0 Å². The SMILES string of the molecule is CC(C)N(CCNCc1cscn1)C1CC1. The van der Waals surface area contributed by atoms with E-state index >= 15 is 0 Å². The Hall–Kier alpha value is -0.450. The quantitative estimate of drug-likeness (QED) is 0.739. The third-order valence-electron chi connectivity index (χ3n) is 3.02. The summed E-state index contributed by atoms with van der Waals surface area (Å²) in [5.74, 6) is 0. The van der Waals surface area contributed by atoms with Gasteiger partial charge in [-0.25, -0.2) is 4.98 Å². The zero-order valence-corrected chi connectivity index (χ0v) is 11.0. The van der Waals surface area contributed by atoms with Crippen LogP contribution in [0.4, 0.5) is 0 Å². The van der Waals surface area contributed by atoms with Gasteiger partial charge in [-0.3, -0.25) is 4.90 Å². The molecule has 90 valence electrons. The predicted molar refractivity (Wildman–Crippen MR) is 68.7 cm³/mol. The molecule has 1 aromatic rings. The Morgan fingerprint density at radius 2 is 2.38 bits per heavy atom. The fraction of sp³-hybridized carbons (Fsp3) is 0.750. The molecule has 0 saturated heterocycles. The lowest BCUT2D eigenvalue weighted by Crippen LogP contribution is -2.38. The van der Waals surface area contributed by atoms with Gasteiger partial charge in [0.2, 0.25) is 0 Å². The molecule has 1 aromatic heterocycles. The fourth-order valence-electron chi connectivity index (χ4n) is 2.02. The fourth-order valence-corrected chi connectivity index (χ4v) is 2.58. The van der Waals surface area contributed by atoms with Gasteiger partial charge in [0.05, 0.1) is 11.2 Å². The van der Waals surface area contributed by atoms with Crippen LogP contribution >= 0.6 is 11.3 Å². The van der Waals surface area contributed by atoms with Gasteiger partial charge in [0.1, 0.15) is 0 Å². The highest BCUT2D eigenvalue weighted by atomic mass is 32.1. The summed E-state index contributed by atoms with van der Waals surface area (Å²) in [4.78, 5) is 6.86. The van der Waals surface area contributed by atoms with Crippen molar-refractivity contribution in [2.24, 2.45) is 0 Å². The number of thiazole rings is 1. The molecule has 1 aliphatic rings. The molecule has 1 saturated carbocycles. The molecule has 0 atom stereocenters. The van der Waals surface area contributed by atoms with Gasteiger partial charge in [-0.05, 0) is 26.7 Å². The number of hydrogen-bond acceptors (Lipinski definition) is 4. The lowest BCUT2D eigenvalue weighted by Gasteiger charge is -2.26. The zero-order valence-electron chi connectivity index (χ0n) is 10.1. The Balaban J connectivity index is 1.63. The molecule has 1 N–H and O–H groups in total. The second kappa shape index (κ2) is 5.75. The molecule has 0 unspecified atom stereocenters. The molecule has 16 heavy (non-hydrogen) atoms. The van der Waals surface area contributed by atoms with Crippen molar-refractivity contribution < 1.29 is 0 Å². The normalized spacial score (nSPS) is 16.2. The minimum absolute atomic E-state index is 0.675. The molecular weight excluding hydrogens is 218 g/mol. The lowest BCUT2D eigenvalue weighted by molar-refractivity contribution is 0.211. The summed E-state index contributed by atoms with van der Waals surface area (Å²) in [6, 6.07) is 1.54. The number of nitrogens with zero attached hydrogens (tertiary/aromatic N) is 2. The van der Waals surface area contributed by atoms with Crippen LogP contribution in [-0.4, -0.2) is 35.1 Å². The van der Waals surface area contributed by atoms with Crippen LogP contribution in [0.3, 0.4) is 0 Å². The van der Waals surface area contributed by atoms with Gasteiger partial charge >= 0.3 is 0 Å². The van der Waals surface area contributed by atoms with Gasteiger partial charge in [0, 0.05) is 37.1 Å². The Morgan fingerprint density at radius 3 is 2.94 bits per heavy atom. The molecular formula is C12H21N3S. The third-order valence-corrected chi connectivity index (χ3v) is 3.65. The minimum Gasteiger partial charge on any atom is -0.310 e. The monoisotopic (exact) mass is 239 g/mol. The van der Waals surface area contributed by atoms with Crippen molar-refractivity contribution in [3.05, 3.63) is 16.6 Å². The summed E-state index contributed by atoms with van der Waals surface area (Å²) in [6.07, 6.45) is 2.79. The molecule has 0 aliphatic heterocycles. The van der Waals surface area contributed by atoms with E-state index in [1.807, 2.05) is 5.51 Å².